The van der Waals surface area contributed by atoms with Gasteiger partial charge in [0.15, 0.2) is 0 Å². The smallest absolute Gasteiger partial charge is 0.237 e. The van der Waals surface area contributed by atoms with Crippen molar-refractivity contribution in [3.05, 3.63) is 0 Å². The summed E-state index contributed by atoms with van der Waals surface area (Å²) < 4.78 is 5.31. The second-order valence-corrected chi connectivity index (χ2v) is 6.41. The lowest BCUT2D eigenvalue weighted by atomic mass is 9.86. The fourth-order valence-corrected chi connectivity index (χ4v) is 3.48. The summed E-state index contributed by atoms with van der Waals surface area (Å²) in [5.74, 6) is 1.22. The molecular weight excluding hydrogens is 252 g/mol. The number of carbonyl (C=O) groups excluding carboxylic acids is 1. The molecule has 2 rings (SSSR count). The third kappa shape index (κ3) is 5.06. The van der Waals surface area contributed by atoms with Crippen molar-refractivity contribution in [1.82, 2.24) is 5.32 Å². The van der Waals surface area contributed by atoms with Gasteiger partial charge in [0.2, 0.25) is 5.91 Å². The first-order chi connectivity index (χ1) is 9.77. The zero-order valence-electron chi connectivity index (χ0n) is 12.6. The number of nitrogens with one attached hydrogen (secondary N) is 1. The van der Waals surface area contributed by atoms with Crippen molar-refractivity contribution in [2.75, 3.05) is 19.8 Å². The van der Waals surface area contributed by atoms with Gasteiger partial charge in [0, 0.05) is 19.8 Å². The van der Waals surface area contributed by atoms with Crippen LogP contribution in [0.3, 0.4) is 0 Å². The van der Waals surface area contributed by atoms with E-state index in [9.17, 15) is 4.79 Å². The van der Waals surface area contributed by atoms with Gasteiger partial charge in [0.1, 0.15) is 0 Å². The Kier molecular flexibility index (Phi) is 6.80. The van der Waals surface area contributed by atoms with Crippen LogP contribution in [-0.4, -0.2) is 31.7 Å². The number of nitrogens with two attached hydrogens (primary N) is 1. The summed E-state index contributed by atoms with van der Waals surface area (Å²) in [6, 6.07) is -0.353. The highest BCUT2D eigenvalue weighted by molar-refractivity contribution is 5.81. The molecule has 4 heteroatoms. The van der Waals surface area contributed by atoms with E-state index in [1.54, 1.807) is 0 Å². The monoisotopic (exact) mass is 282 g/mol. The zero-order valence-corrected chi connectivity index (χ0v) is 12.6. The maximum atomic E-state index is 12.0. The third-order valence-corrected chi connectivity index (χ3v) is 4.89. The number of ether oxygens (including phenoxy) is 1. The minimum atomic E-state index is -0.353. The van der Waals surface area contributed by atoms with Crippen LogP contribution in [-0.2, 0) is 9.53 Å². The average Bonchev–Trinajstić information content (AvgIpc) is 2.52. The van der Waals surface area contributed by atoms with E-state index >= 15 is 0 Å². The molecule has 0 radical (unpaired) electrons. The predicted molar refractivity (Wildman–Crippen MR) is 80.3 cm³/mol. The van der Waals surface area contributed by atoms with Gasteiger partial charge in [-0.3, -0.25) is 4.79 Å². The normalized spacial score (nSPS) is 23.4. The number of hydrogen-bond acceptors (Lipinski definition) is 3. The first-order valence-corrected chi connectivity index (χ1v) is 8.38. The molecule has 0 spiro atoms. The molecule has 1 aliphatic heterocycles. The summed E-state index contributed by atoms with van der Waals surface area (Å²) in [5.41, 5.74) is 6.05. The molecule has 1 aliphatic carbocycles. The average molecular weight is 282 g/mol. The number of rotatable bonds is 6. The number of amides is 1. The Bertz CT molecular complexity index is 284. The fourth-order valence-electron chi connectivity index (χ4n) is 3.48. The highest BCUT2D eigenvalue weighted by Crippen LogP contribution is 2.27. The Morgan fingerprint density at radius 2 is 1.85 bits per heavy atom. The van der Waals surface area contributed by atoms with Gasteiger partial charge in [0.05, 0.1) is 6.04 Å². The lowest BCUT2D eigenvalue weighted by Gasteiger charge is -2.27. The van der Waals surface area contributed by atoms with Crippen LogP contribution in [0.25, 0.3) is 0 Å². The van der Waals surface area contributed by atoms with E-state index in [0.717, 1.165) is 44.9 Å². The van der Waals surface area contributed by atoms with Gasteiger partial charge >= 0.3 is 0 Å². The van der Waals surface area contributed by atoms with E-state index in [1.165, 1.54) is 38.5 Å². The molecule has 1 unspecified atom stereocenters. The van der Waals surface area contributed by atoms with E-state index in [-0.39, 0.29) is 11.9 Å². The Labute approximate surface area is 122 Å². The first-order valence-electron chi connectivity index (χ1n) is 8.38. The van der Waals surface area contributed by atoms with E-state index < -0.39 is 0 Å². The van der Waals surface area contributed by atoms with Crippen molar-refractivity contribution in [3.63, 3.8) is 0 Å². The van der Waals surface area contributed by atoms with Crippen LogP contribution < -0.4 is 11.1 Å². The molecular formula is C16H30N2O2. The molecule has 1 saturated carbocycles. The van der Waals surface area contributed by atoms with Crippen molar-refractivity contribution in [2.24, 2.45) is 17.6 Å². The van der Waals surface area contributed by atoms with Gasteiger partial charge in [-0.05, 0) is 37.5 Å². The summed E-state index contributed by atoms with van der Waals surface area (Å²) in [6.07, 6.45) is 11.1. The molecule has 0 aromatic rings. The van der Waals surface area contributed by atoms with Crippen LogP contribution in [0.4, 0.5) is 0 Å². The van der Waals surface area contributed by atoms with E-state index in [1.807, 2.05) is 0 Å². The van der Waals surface area contributed by atoms with E-state index in [0.29, 0.717) is 5.92 Å². The quantitative estimate of drug-likeness (QED) is 0.734. The second kappa shape index (κ2) is 8.63. The maximum Gasteiger partial charge on any atom is 0.237 e. The largest absolute Gasteiger partial charge is 0.381 e. The Morgan fingerprint density at radius 1 is 1.15 bits per heavy atom. The minimum absolute atomic E-state index is 0.0283. The van der Waals surface area contributed by atoms with Gasteiger partial charge in [0.25, 0.3) is 0 Å². The molecule has 0 aromatic heterocycles. The van der Waals surface area contributed by atoms with Crippen molar-refractivity contribution in [3.8, 4) is 0 Å². The summed E-state index contributed by atoms with van der Waals surface area (Å²) >= 11 is 0. The number of hydrogen-bond donors (Lipinski definition) is 2. The summed E-state index contributed by atoms with van der Waals surface area (Å²) in [4.78, 5) is 12.0. The topological polar surface area (TPSA) is 64.4 Å². The van der Waals surface area contributed by atoms with E-state index in [4.69, 9.17) is 10.5 Å². The van der Waals surface area contributed by atoms with Gasteiger partial charge in [-0.25, -0.2) is 0 Å². The lowest BCUT2D eigenvalue weighted by molar-refractivity contribution is -0.124. The molecule has 0 aromatic carbocycles. The van der Waals surface area contributed by atoms with Crippen molar-refractivity contribution >= 4 is 5.91 Å². The summed E-state index contributed by atoms with van der Waals surface area (Å²) in [7, 11) is 0. The molecule has 3 N–H and O–H groups in total. The number of carbonyl (C=O) groups is 1. The van der Waals surface area contributed by atoms with Crippen LogP contribution in [0.5, 0.6) is 0 Å². The van der Waals surface area contributed by atoms with Crippen LogP contribution in [0.15, 0.2) is 0 Å². The Balaban J connectivity index is 1.56. The molecule has 20 heavy (non-hydrogen) atoms. The van der Waals surface area contributed by atoms with Crippen LogP contribution >= 0.6 is 0 Å². The second-order valence-electron chi connectivity index (χ2n) is 6.41. The highest BCUT2D eigenvalue weighted by Gasteiger charge is 2.26. The molecule has 4 nitrogen and oxygen atoms in total. The van der Waals surface area contributed by atoms with E-state index in [2.05, 4.69) is 5.32 Å². The predicted octanol–water partition coefficient (Wildman–Crippen LogP) is 2.22. The van der Waals surface area contributed by atoms with Gasteiger partial charge < -0.3 is 15.8 Å². The highest BCUT2D eigenvalue weighted by atomic mass is 16.5. The van der Waals surface area contributed by atoms with Gasteiger partial charge in [-0.1, -0.05) is 32.1 Å². The van der Waals surface area contributed by atoms with Crippen LogP contribution in [0, 0.1) is 11.8 Å². The van der Waals surface area contributed by atoms with Crippen LogP contribution in [0.1, 0.15) is 57.8 Å². The van der Waals surface area contributed by atoms with Crippen molar-refractivity contribution in [1.29, 1.82) is 0 Å². The molecule has 0 bridgehead atoms. The molecule has 1 amide bonds. The zero-order chi connectivity index (χ0) is 14.2. The molecule has 2 fully saturated rings. The molecule has 1 heterocycles. The SMILES string of the molecule is NC(C(=O)NCCCC1CCCCC1)C1CCOCC1. The Hall–Kier alpha value is -0.610. The molecule has 116 valence electrons. The fraction of sp³-hybridized carbons (Fsp3) is 0.938. The minimum Gasteiger partial charge on any atom is -0.381 e. The molecule has 1 saturated heterocycles. The molecule has 1 atom stereocenters. The maximum absolute atomic E-state index is 12.0. The summed E-state index contributed by atoms with van der Waals surface area (Å²) in [5, 5.41) is 3.01. The van der Waals surface area contributed by atoms with Crippen molar-refractivity contribution in [2.45, 2.75) is 63.8 Å². The molecule has 2 aliphatic rings. The Morgan fingerprint density at radius 3 is 2.55 bits per heavy atom. The van der Waals surface area contributed by atoms with Gasteiger partial charge in [-0.15, -0.1) is 0 Å². The van der Waals surface area contributed by atoms with Crippen LogP contribution in [0.2, 0.25) is 0 Å². The standard InChI is InChI=1S/C16H30N2O2/c17-15(14-8-11-20-12-9-14)16(19)18-10-4-7-13-5-2-1-3-6-13/h13-15H,1-12,17H2,(H,18,19). The van der Waals surface area contributed by atoms with Gasteiger partial charge in [-0.2, -0.15) is 0 Å². The third-order valence-electron chi connectivity index (χ3n) is 4.89. The first kappa shape index (κ1) is 15.8. The van der Waals surface area contributed by atoms with Crippen molar-refractivity contribution < 1.29 is 9.53 Å². The lowest BCUT2D eigenvalue weighted by Crippen LogP contribution is -2.47. The summed E-state index contributed by atoms with van der Waals surface area (Å²) in [6.45, 7) is 2.27.